The van der Waals surface area contributed by atoms with Gasteiger partial charge in [0.05, 0.1) is 11.3 Å². The fourth-order valence-electron chi connectivity index (χ4n) is 5.66. The third-order valence-corrected chi connectivity index (χ3v) is 10.5. The number of carbonyl (C=O) groups excluding carboxylic acids is 3. The van der Waals surface area contributed by atoms with Crippen molar-refractivity contribution in [2.45, 2.75) is 69.4 Å². The summed E-state index contributed by atoms with van der Waals surface area (Å²) < 4.78 is 16.2. The van der Waals surface area contributed by atoms with Gasteiger partial charge in [0.15, 0.2) is 0 Å². The van der Waals surface area contributed by atoms with Gasteiger partial charge in [0, 0.05) is 53.3 Å². The molecule has 13 nitrogen and oxygen atoms in total. The van der Waals surface area contributed by atoms with Crippen LogP contribution in [-0.4, -0.2) is 72.4 Å². The molecular formula is C40H42ClN7O6S2. The summed E-state index contributed by atoms with van der Waals surface area (Å²) in [6, 6.07) is 18.3. The fourth-order valence-corrected chi connectivity index (χ4v) is 7.60. The van der Waals surface area contributed by atoms with Gasteiger partial charge in [-0.1, -0.05) is 47.6 Å². The number of ether oxygens (including phenoxy) is 3. The summed E-state index contributed by atoms with van der Waals surface area (Å²) in [5.74, 6) is 0.460. The Balaban J connectivity index is 1.20. The molecule has 16 heteroatoms. The molecule has 2 aromatic heterocycles. The average molecular weight is 816 g/mol. The van der Waals surface area contributed by atoms with Crippen molar-refractivity contribution < 1.29 is 28.6 Å². The first kappa shape index (κ1) is 41.8. The summed E-state index contributed by atoms with van der Waals surface area (Å²) in [5, 5.41) is 30.0. The molecule has 1 saturated heterocycles. The van der Waals surface area contributed by atoms with Crippen LogP contribution in [0.3, 0.4) is 0 Å². The molecule has 0 saturated carbocycles. The van der Waals surface area contributed by atoms with Gasteiger partial charge in [0.2, 0.25) is 5.91 Å². The van der Waals surface area contributed by atoms with E-state index in [0.29, 0.717) is 49.6 Å². The Morgan fingerprint density at radius 3 is 2.32 bits per heavy atom. The molecule has 2 amide bonds. The van der Waals surface area contributed by atoms with Gasteiger partial charge in [-0.05, 0) is 70.4 Å². The van der Waals surface area contributed by atoms with Crippen LogP contribution in [0.15, 0.2) is 58.9 Å². The van der Waals surface area contributed by atoms with Crippen LogP contribution in [0.5, 0.6) is 5.75 Å². The molecule has 0 bridgehead atoms. The Morgan fingerprint density at radius 1 is 0.982 bits per heavy atom. The van der Waals surface area contributed by atoms with Crippen LogP contribution in [0.25, 0.3) is 21.7 Å². The number of esters is 1. The molecule has 2 aromatic carbocycles. The molecule has 1 aliphatic heterocycles. The number of aromatic nitrogens is 2. The molecule has 1 fully saturated rings. The molecule has 0 spiro atoms. The monoisotopic (exact) mass is 815 g/mol. The van der Waals surface area contributed by atoms with Crippen LogP contribution in [0.2, 0.25) is 5.02 Å². The number of anilines is 1. The fraction of sp³-hybridized carbons (Fsp3) is 0.375. The molecule has 2 N–H and O–H groups in total. The summed E-state index contributed by atoms with van der Waals surface area (Å²) in [4.78, 5) is 48.2. The van der Waals surface area contributed by atoms with Crippen molar-refractivity contribution in [3.63, 3.8) is 0 Å². The number of thioether (sulfide) groups is 1. The van der Waals surface area contributed by atoms with E-state index in [9.17, 15) is 24.9 Å². The van der Waals surface area contributed by atoms with E-state index in [-0.39, 0.29) is 26.2 Å². The molecule has 0 radical (unpaired) electrons. The first-order chi connectivity index (χ1) is 26.8. The maximum atomic E-state index is 12.4. The SMILES string of the molecule is CC(NC(=O)CCNC(=O)OC(C)(C)C)C(=O)OCCOc1ccc(-c2c(C#N)c(SCc3csc(-c4ccc(Cl)cc4)n3)nc(N3CCCC3)c2C#N)cc1. The second kappa shape index (κ2) is 19.5. The summed E-state index contributed by atoms with van der Waals surface area (Å²) >= 11 is 9.00. The van der Waals surface area contributed by atoms with Crippen molar-refractivity contribution in [2.75, 3.05) is 37.7 Å². The Kier molecular flexibility index (Phi) is 14.5. The van der Waals surface area contributed by atoms with E-state index < -0.39 is 29.6 Å². The number of carbonyl (C=O) groups is 3. The normalized spacial score (nSPS) is 12.9. The third-order valence-electron chi connectivity index (χ3n) is 8.26. The van der Waals surface area contributed by atoms with E-state index in [1.165, 1.54) is 30.0 Å². The summed E-state index contributed by atoms with van der Waals surface area (Å²) in [5.41, 5.74) is 2.98. The molecule has 1 atom stereocenters. The lowest BCUT2D eigenvalue weighted by Gasteiger charge is -2.22. The maximum absolute atomic E-state index is 12.4. The predicted octanol–water partition coefficient (Wildman–Crippen LogP) is 7.50. The van der Waals surface area contributed by atoms with E-state index in [0.717, 1.165) is 42.2 Å². The first-order valence-electron chi connectivity index (χ1n) is 18.0. The van der Waals surface area contributed by atoms with Crippen LogP contribution < -0.4 is 20.3 Å². The molecule has 1 unspecified atom stereocenters. The number of nitriles is 2. The number of hydrogen-bond donors (Lipinski definition) is 2. The molecule has 5 rings (SSSR count). The van der Waals surface area contributed by atoms with Crippen molar-refractivity contribution in [1.29, 1.82) is 10.5 Å². The number of amides is 2. The van der Waals surface area contributed by atoms with Crippen molar-refractivity contribution in [2.24, 2.45) is 0 Å². The van der Waals surface area contributed by atoms with E-state index >= 15 is 0 Å². The smallest absolute Gasteiger partial charge is 0.407 e. The van der Waals surface area contributed by atoms with E-state index in [1.807, 2.05) is 29.6 Å². The highest BCUT2D eigenvalue weighted by Gasteiger charge is 2.27. The van der Waals surface area contributed by atoms with Crippen LogP contribution in [0.1, 0.15) is 63.8 Å². The molecule has 0 aliphatic carbocycles. The molecule has 292 valence electrons. The number of pyridine rings is 1. The lowest BCUT2D eigenvalue weighted by atomic mass is 9.96. The van der Waals surface area contributed by atoms with E-state index in [4.69, 9.17) is 35.8 Å². The molecule has 1 aliphatic rings. The highest BCUT2D eigenvalue weighted by molar-refractivity contribution is 7.98. The van der Waals surface area contributed by atoms with Gasteiger partial charge in [-0.3, -0.25) is 4.79 Å². The number of rotatable bonds is 15. The Morgan fingerprint density at radius 2 is 1.66 bits per heavy atom. The highest BCUT2D eigenvalue weighted by atomic mass is 35.5. The lowest BCUT2D eigenvalue weighted by molar-refractivity contribution is -0.148. The third kappa shape index (κ3) is 11.6. The highest BCUT2D eigenvalue weighted by Crippen LogP contribution is 2.40. The number of alkyl carbamates (subject to hydrolysis) is 1. The number of thiazole rings is 1. The van der Waals surface area contributed by atoms with Crippen molar-refractivity contribution >= 4 is 58.5 Å². The quantitative estimate of drug-likeness (QED) is 0.0687. The summed E-state index contributed by atoms with van der Waals surface area (Å²) in [6.45, 7) is 8.27. The average Bonchev–Trinajstić information content (AvgIpc) is 3.88. The minimum atomic E-state index is -0.908. The topological polar surface area (TPSA) is 180 Å². The minimum absolute atomic E-state index is 0.0416. The largest absolute Gasteiger partial charge is 0.490 e. The van der Waals surface area contributed by atoms with Crippen molar-refractivity contribution in [3.8, 4) is 39.6 Å². The standard InChI is InChI=1S/C40H42ClN7O6S2/c1-25(45-33(49)15-16-44-39(51)54-40(2,3)4)38(50)53-20-19-52-30-13-9-26(10-14-30)34-31(21-42)35(48-17-5-6-18-48)47-37(32(34)22-43)56-24-29-23-55-36(46-29)27-7-11-28(41)12-8-27/h7-14,23,25H,5-6,15-20,24H2,1-4H3,(H,44,51)(H,45,49). The predicted molar refractivity (Wildman–Crippen MR) is 216 cm³/mol. The van der Waals surface area contributed by atoms with Crippen LogP contribution >= 0.6 is 34.7 Å². The van der Waals surface area contributed by atoms with Gasteiger partial charge in [-0.2, -0.15) is 10.5 Å². The molecule has 3 heterocycles. The van der Waals surface area contributed by atoms with Crippen molar-refractivity contribution in [3.05, 3.63) is 75.8 Å². The summed E-state index contributed by atoms with van der Waals surface area (Å²) in [6.07, 6.45) is 1.30. The molecule has 56 heavy (non-hydrogen) atoms. The Bertz CT molecular complexity index is 2100. The lowest BCUT2D eigenvalue weighted by Crippen LogP contribution is -2.41. The molecule has 4 aromatic rings. The van der Waals surface area contributed by atoms with Crippen LogP contribution in [-0.2, 0) is 24.8 Å². The van der Waals surface area contributed by atoms with Gasteiger partial charge >= 0.3 is 12.1 Å². The second-order valence-corrected chi connectivity index (χ2v) is 16.0. The second-order valence-electron chi connectivity index (χ2n) is 13.7. The number of halogens is 1. The van der Waals surface area contributed by atoms with Gasteiger partial charge < -0.3 is 29.7 Å². The van der Waals surface area contributed by atoms with Gasteiger partial charge in [0.25, 0.3) is 0 Å². The number of hydrogen-bond acceptors (Lipinski definition) is 13. The van der Waals surface area contributed by atoms with Gasteiger partial charge in [-0.25, -0.2) is 19.6 Å². The number of nitrogens with zero attached hydrogens (tertiary/aromatic N) is 5. The van der Waals surface area contributed by atoms with Gasteiger partial charge in [0.1, 0.15) is 64.2 Å². The zero-order valence-corrected chi connectivity index (χ0v) is 33.9. The van der Waals surface area contributed by atoms with E-state index in [1.54, 1.807) is 45.0 Å². The van der Waals surface area contributed by atoms with Crippen molar-refractivity contribution in [1.82, 2.24) is 20.6 Å². The number of nitrogens with one attached hydrogen (secondary N) is 2. The zero-order chi connectivity index (χ0) is 40.2. The maximum Gasteiger partial charge on any atom is 0.407 e. The van der Waals surface area contributed by atoms with Gasteiger partial charge in [-0.15, -0.1) is 11.3 Å². The Hall–Kier alpha value is -5.35. The number of benzene rings is 2. The molecular weight excluding hydrogens is 774 g/mol. The van der Waals surface area contributed by atoms with E-state index in [2.05, 4.69) is 27.7 Å². The minimum Gasteiger partial charge on any atom is -0.490 e. The Labute approximate surface area is 339 Å². The zero-order valence-electron chi connectivity index (χ0n) is 31.5. The first-order valence-corrected chi connectivity index (χ1v) is 20.2. The van der Waals surface area contributed by atoms with Crippen LogP contribution in [0, 0.1) is 22.7 Å². The van der Waals surface area contributed by atoms with Crippen LogP contribution in [0.4, 0.5) is 10.6 Å². The summed E-state index contributed by atoms with van der Waals surface area (Å²) in [7, 11) is 0.